The van der Waals surface area contributed by atoms with E-state index in [1.54, 1.807) is 0 Å². The van der Waals surface area contributed by atoms with Gasteiger partial charge in [0.1, 0.15) is 24.1 Å². The second-order valence-corrected chi connectivity index (χ2v) is 7.24. The summed E-state index contributed by atoms with van der Waals surface area (Å²) in [4.78, 5) is 36.9. The van der Waals surface area contributed by atoms with E-state index in [9.17, 15) is 29.4 Å². The molecule has 1 aliphatic heterocycles. The van der Waals surface area contributed by atoms with Crippen molar-refractivity contribution in [1.82, 2.24) is 9.55 Å². The minimum atomic E-state index is -5.27. The summed E-state index contributed by atoms with van der Waals surface area (Å²) in [5, 5.41) is 20.1. The highest BCUT2D eigenvalue weighted by Gasteiger charge is 2.44. The van der Waals surface area contributed by atoms with Gasteiger partial charge in [-0.1, -0.05) is 19.8 Å². The van der Waals surface area contributed by atoms with Crippen LogP contribution < -0.4 is 21.2 Å². The zero-order valence-electron chi connectivity index (χ0n) is 14.2. The number of hydrogen-bond acceptors (Lipinski definition) is 10. The number of ether oxygens (including phenoxy) is 1. The largest absolute Gasteiger partial charge is 0.790 e. The van der Waals surface area contributed by atoms with Gasteiger partial charge in [-0.25, -0.2) is 4.79 Å². The molecule has 1 saturated heterocycles. The Bertz CT molecular complexity index is 721. The molecule has 0 unspecified atom stereocenters. The van der Waals surface area contributed by atoms with E-state index < -0.39 is 44.7 Å². The van der Waals surface area contributed by atoms with Gasteiger partial charge < -0.3 is 39.6 Å². The molecule has 0 radical (unpaired) electrons. The summed E-state index contributed by atoms with van der Waals surface area (Å²) in [6.07, 6.45) is -0.973. The SMILES string of the molecule is CCCCCc1cn([C@@H]2O[C@H](COP(=O)([O-])[O-])[C@@H](O)[C@H]2O)c(=O)nc1N. The molecule has 0 spiro atoms. The van der Waals surface area contributed by atoms with E-state index in [0.29, 0.717) is 12.0 Å². The first-order valence-electron chi connectivity index (χ1n) is 8.19. The molecule has 1 fully saturated rings. The Balaban J connectivity index is 2.20. The lowest BCUT2D eigenvalue weighted by Gasteiger charge is -2.30. The zero-order chi connectivity index (χ0) is 19.5. The van der Waals surface area contributed by atoms with Gasteiger partial charge in [0.25, 0.3) is 0 Å². The van der Waals surface area contributed by atoms with Gasteiger partial charge in [-0.2, -0.15) is 4.98 Å². The fourth-order valence-corrected chi connectivity index (χ4v) is 3.05. The number of aryl methyl sites for hydroxylation is 1. The molecule has 148 valence electrons. The molecular weight excluding hydrogens is 369 g/mol. The van der Waals surface area contributed by atoms with Crippen molar-refractivity contribution < 1.29 is 33.8 Å². The molecule has 4 N–H and O–H groups in total. The van der Waals surface area contributed by atoms with E-state index in [1.165, 1.54) is 6.20 Å². The van der Waals surface area contributed by atoms with Gasteiger partial charge in [-0.15, -0.1) is 0 Å². The summed E-state index contributed by atoms with van der Waals surface area (Å²) in [5.74, 6) is 0.0777. The summed E-state index contributed by atoms with van der Waals surface area (Å²) in [7, 11) is -5.27. The summed E-state index contributed by atoms with van der Waals surface area (Å²) in [6, 6.07) is 0. The highest BCUT2D eigenvalue weighted by molar-refractivity contribution is 7.43. The smallest absolute Gasteiger partial charge is 0.351 e. The van der Waals surface area contributed by atoms with Crippen molar-refractivity contribution in [3.05, 3.63) is 22.2 Å². The van der Waals surface area contributed by atoms with Crippen molar-refractivity contribution in [2.75, 3.05) is 12.3 Å². The third kappa shape index (κ3) is 5.10. The highest BCUT2D eigenvalue weighted by Crippen LogP contribution is 2.32. The molecule has 12 heteroatoms. The Hall–Kier alpha value is -1.33. The van der Waals surface area contributed by atoms with Crippen LogP contribution in [0.1, 0.15) is 38.0 Å². The summed E-state index contributed by atoms with van der Waals surface area (Å²) in [5.41, 5.74) is 5.55. The van der Waals surface area contributed by atoms with Crippen LogP contribution in [0.25, 0.3) is 0 Å². The van der Waals surface area contributed by atoms with E-state index in [2.05, 4.69) is 9.51 Å². The number of aromatic nitrogens is 2. The molecule has 26 heavy (non-hydrogen) atoms. The normalized spacial score (nSPS) is 26.3. The van der Waals surface area contributed by atoms with Crippen molar-refractivity contribution in [2.24, 2.45) is 0 Å². The number of aliphatic hydroxyl groups excluding tert-OH is 2. The van der Waals surface area contributed by atoms with Gasteiger partial charge in [-0.3, -0.25) is 4.57 Å². The number of aliphatic hydroxyl groups is 2. The molecule has 0 saturated carbocycles. The lowest BCUT2D eigenvalue weighted by atomic mass is 10.1. The number of nitrogens with two attached hydrogens (primary N) is 1. The Morgan fingerprint density at radius 3 is 2.69 bits per heavy atom. The molecule has 2 rings (SSSR count). The van der Waals surface area contributed by atoms with Crippen LogP contribution in [0.3, 0.4) is 0 Å². The predicted octanol–water partition coefficient (Wildman–Crippen LogP) is -1.98. The maximum Gasteiger partial charge on any atom is 0.351 e. The zero-order valence-corrected chi connectivity index (χ0v) is 15.1. The van der Waals surface area contributed by atoms with Crippen LogP contribution in [-0.4, -0.2) is 44.7 Å². The van der Waals surface area contributed by atoms with E-state index in [-0.39, 0.29) is 5.82 Å². The number of phosphoric ester groups is 1. The Morgan fingerprint density at radius 1 is 1.38 bits per heavy atom. The number of phosphoric acid groups is 1. The number of rotatable bonds is 8. The molecule has 1 aromatic heterocycles. The highest BCUT2D eigenvalue weighted by atomic mass is 31.2. The molecular formula is C14H22N3O8P-2. The monoisotopic (exact) mass is 391 g/mol. The number of nitrogen functional groups attached to an aromatic ring is 1. The molecule has 11 nitrogen and oxygen atoms in total. The van der Waals surface area contributed by atoms with Gasteiger partial charge in [-0.05, 0) is 12.8 Å². The summed E-state index contributed by atoms with van der Waals surface area (Å²) >= 11 is 0. The lowest BCUT2D eigenvalue weighted by Crippen LogP contribution is -2.36. The summed E-state index contributed by atoms with van der Waals surface area (Å²) in [6.45, 7) is 1.26. The number of nitrogens with zero attached hydrogens (tertiary/aromatic N) is 2. The maximum absolute atomic E-state index is 12.1. The molecule has 1 aliphatic rings. The quantitative estimate of drug-likeness (QED) is 0.331. The van der Waals surface area contributed by atoms with Gasteiger partial charge in [0, 0.05) is 11.8 Å². The minimum Gasteiger partial charge on any atom is -0.790 e. The number of hydrogen-bond donors (Lipinski definition) is 3. The molecule has 0 amide bonds. The van der Waals surface area contributed by atoms with Gasteiger partial charge >= 0.3 is 5.69 Å². The van der Waals surface area contributed by atoms with Gasteiger partial charge in [0.05, 0.1) is 14.4 Å². The van der Waals surface area contributed by atoms with Gasteiger partial charge in [0.15, 0.2) is 6.23 Å². The molecule has 0 aromatic carbocycles. The first kappa shape index (κ1) is 21.0. The second-order valence-electron chi connectivity index (χ2n) is 6.09. The third-order valence-electron chi connectivity index (χ3n) is 4.12. The topological polar surface area (TPSA) is 183 Å². The number of unbranched alkanes of at least 4 members (excludes halogenated alkanes) is 2. The Labute approximate surface area is 149 Å². The first-order valence-corrected chi connectivity index (χ1v) is 9.65. The predicted molar refractivity (Wildman–Crippen MR) is 85.6 cm³/mol. The average Bonchev–Trinajstić information content (AvgIpc) is 2.83. The van der Waals surface area contributed by atoms with E-state index in [1.807, 2.05) is 6.92 Å². The molecule has 4 atom stereocenters. The standard InChI is InChI=1S/C14H24N3O8P/c1-2-3-4-5-8-6-17(14(20)16-12(8)15)13-11(19)10(18)9(25-13)7-24-26(21,22)23/h6,9-11,13,18-19H,2-5,7H2,1H3,(H2,15,16,20)(H2,21,22,23)/p-2/t9-,10-,11-,13-/m1/s1. The third-order valence-corrected chi connectivity index (χ3v) is 4.58. The lowest BCUT2D eigenvalue weighted by molar-refractivity contribution is -0.343. The van der Waals surface area contributed by atoms with E-state index >= 15 is 0 Å². The molecule has 0 bridgehead atoms. The molecule has 2 heterocycles. The van der Waals surface area contributed by atoms with Crippen molar-refractivity contribution in [2.45, 2.75) is 57.1 Å². The first-order chi connectivity index (χ1) is 12.1. The van der Waals surface area contributed by atoms with Crippen molar-refractivity contribution in [3.8, 4) is 0 Å². The summed E-state index contributed by atoms with van der Waals surface area (Å²) < 4.78 is 21.0. The fourth-order valence-electron chi connectivity index (χ4n) is 2.72. The maximum atomic E-state index is 12.1. The average molecular weight is 391 g/mol. The number of anilines is 1. The van der Waals surface area contributed by atoms with Gasteiger partial charge in [0.2, 0.25) is 0 Å². The fraction of sp³-hybridized carbons (Fsp3) is 0.714. The van der Waals surface area contributed by atoms with Crippen molar-refractivity contribution in [1.29, 1.82) is 0 Å². The molecule has 1 aromatic rings. The van der Waals surface area contributed by atoms with E-state index in [4.69, 9.17) is 10.5 Å². The van der Waals surface area contributed by atoms with Crippen LogP contribution in [0.2, 0.25) is 0 Å². The van der Waals surface area contributed by atoms with Crippen LogP contribution in [-0.2, 0) is 20.2 Å². The minimum absolute atomic E-state index is 0.0777. The van der Waals surface area contributed by atoms with E-state index in [0.717, 1.165) is 23.8 Å². The van der Waals surface area contributed by atoms with Crippen LogP contribution in [0, 0.1) is 0 Å². The van der Waals surface area contributed by atoms with Crippen LogP contribution >= 0.6 is 7.82 Å². The van der Waals surface area contributed by atoms with Crippen LogP contribution in [0.4, 0.5) is 5.82 Å². The van der Waals surface area contributed by atoms with Crippen molar-refractivity contribution >= 4 is 13.6 Å². The van der Waals surface area contributed by atoms with Crippen molar-refractivity contribution in [3.63, 3.8) is 0 Å². The molecule has 0 aliphatic carbocycles. The Morgan fingerprint density at radius 2 is 2.08 bits per heavy atom. The van der Waals surface area contributed by atoms with Crippen LogP contribution in [0.15, 0.2) is 11.0 Å². The van der Waals surface area contributed by atoms with Crippen LogP contribution in [0.5, 0.6) is 0 Å². The Kier molecular flexibility index (Phi) is 6.92. The second kappa shape index (κ2) is 8.57.